The molecule has 116 valence electrons. The molecule has 1 heterocycles. The largest absolute Gasteiger partial charge is 0.396 e. The monoisotopic (exact) mass is 295 g/mol. The number of rotatable bonds is 9. The van der Waals surface area contributed by atoms with Crippen molar-refractivity contribution in [3.8, 4) is 0 Å². The maximum absolute atomic E-state index is 11.0. The average Bonchev–Trinajstić information content (AvgIpc) is 3.23. The van der Waals surface area contributed by atoms with Gasteiger partial charge in [0.15, 0.2) is 0 Å². The predicted molar refractivity (Wildman–Crippen MR) is 79.3 cm³/mol. The van der Waals surface area contributed by atoms with Gasteiger partial charge in [-0.15, -0.1) is 0 Å². The van der Waals surface area contributed by atoms with Gasteiger partial charge in [0.05, 0.1) is 4.92 Å². The highest BCUT2D eigenvalue weighted by molar-refractivity contribution is 5.57. The van der Waals surface area contributed by atoms with Crippen molar-refractivity contribution in [1.82, 2.24) is 9.97 Å². The Labute approximate surface area is 123 Å². The summed E-state index contributed by atoms with van der Waals surface area (Å²) in [5.41, 5.74) is -0.0678. The minimum absolute atomic E-state index is 0.0601. The first-order valence-corrected chi connectivity index (χ1v) is 7.20. The summed E-state index contributed by atoms with van der Waals surface area (Å²) in [6.45, 7) is 3.45. The molecule has 0 unspecified atom stereocenters. The zero-order chi connectivity index (χ0) is 15.3. The molecule has 0 bridgehead atoms. The molecule has 0 spiro atoms. The molecule has 0 radical (unpaired) electrons. The first-order chi connectivity index (χ1) is 10.1. The van der Waals surface area contributed by atoms with Gasteiger partial charge in [-0.3, -0.25) is 10.1 Å². The fourth-order valence-electron chi connectivity index (χ4n) is 2.16. The van der Waals surface area contributed by atoms with Gasteiger partial charge in [0.2, 0.25) is 11.8 Å². The molecule has 8 nitrogen and oxygen atoms in total. The van der Waals surface area contributed by atoms with Gasteiger partial charge in [0.1, 0.15) is 6.20 Å². The molecule has 1 aliphatic rings. The van der Waals surface area contributed by atoms with Crippen LogP contribution in [0.4, 0.5) is 17.5 Å². The topological polar surface area (TPSA) is 113 Å². The van der Waals surface area contributed by atoms with Crippen LogP contribution >= 0.6 is 0 Å². The molecule has 8 heteroatoms. The van der Waals surface area contributed by atoms with Crippen LogP contribution in [-0.2, 0) is 0 Å². The zero-order valence-corrected chi connectivity index (χ0v) is 12.1. The van der Waals surface area contributed by atoms with Crippen LogP contribution in [0, 0.1) is 15.5 Å². The number of nitrogens with zero attached hydrogens (tertiary/aromatic N) is 3. The molecule has 2 rings (SSSR count). The van der Waals surface area contributed by atoms with Crippen LogP contribution in [0.3, 0.4) is 0 Å². The van der Waals surface area contributed by atoms with E-state index in [4.69, 9.17) is 5.11 Å². The quantitative estimate of drug-likeness (QED) is 0.470. The van der Waals surface area contributed by atoms with E-state index in [0.29, 0.717) is 25.5 Å². The first-order valence-electron chi connectivity index (χ1n) is 7.20. The van der Waals surface area contributed by atoms with Gasteiger partial charge in [-0.05, 0) is 31.1 Å². The molecule has 1 aliphatic carbocycles. The van der Waals surface area contributed by atoms with E-state index in [1.165, 1.54) is 6.20 Å². The number of hydrogen-bond acceptors (Lipinski definition) is 7. The van der Waals surface area contributed by atoms with Gasteiger partial charge < -0.3 is 15.7 Å². The SMILES string of the molecule is CCCNc1ncc([N+](=O)[O-])c(NCC2(CCO)CC2)n1. The zero-order valence-electron chi connectivity index (χ0n) is 12.1. The van der Waals surface area contributed by atoms with Crippen LogP contribution in [0.25, 0.3) is 0 Å². The third kappa shape index (κ3) is 4.01. The lowest BCUT2D eigenvalue weighted by molar-refractivity contribution is -0.384. The normalized spacial score (nSPS) is 15.5. The Morgan fingerprint density at radius 1 is 1.48 bits per heavy atom. The number of aliphatic hydroxyl groups is 1. The number of anilines is 2. The Morgan fingerprint density at radius 2 is 2.24 bits per heavy atom. The smallest absolute Gasteiger partial charge is 0.329 e. The number of hydrogen-bond donors (Lipinski definition) is 3. The molecule has 1 aromatic rings. The molecule has 0 aromatic carbocycles. The summed E-state index contributed by atoms with van der Waals surface area (Å²) in [5, 5.41) is 26.2. The molecule has 1 saturated carbocycles. The highest BCUT2D eigenvalue weighted by Crippen LogP contribution is 2.48. The summed E-state index contributed by atoms with van der Waals surface area (Å²) in [6, 6.07) is 0. The van der Waals surface area contributed by atoms with E-state index in [9.17, 15) is 10.1 Å². The maximum Gasteiger partial charge on any atom is 0.329 e. The fourth-order valence-corrected chi connectivity index (χ4v) is 2.16. The van der Waals surface area contributed by atoms with Crippen molar-refractivity contribution in [2.45, 2.75) is 32.6 Å². The average molecular weight is 295 g/mol. The standard InChI is InChI=1S/C13H21N5O3/c1-2-6-14-12-15-8-10(18(20)21)11(17-12)16-9-13(3-4-13)5-7-19/h8,19H,2-7,9H2,1H3,(H2,14,15,16,17). The summed E-state index contributed by atoms with van der Waals surface area (Å²) in [7, 11) is 0. The van der Waals surface area contributed by atoms with Gasteiger partial charge in [0, 0.05) is 19.7 Å². The highest BCUT2D eigenvalue weighted by atomic mass is 16.6. The van der Waals surface area contributed by atoms with E-state index in [0.717, 1.165) is 19.3 Å². The number of aliphatic hydroxyl groups excluding tert-OH is 1. The molecule has 1 fully saturated rings. The van der Waals surface area contributed by atoms with Gasteiger partial charge in [0.25, 0.3) is 0 Å². The lowest BCUT2D eigenvalue weighted by Crippen LogP contribution is -2.19. The Bertz CT molecular complexity index is 505. The van der Waals surface area contributed by atoms with Crippen molar-refractivity contribution >= 4 is 17.5 Å². The summed E-state index contributed by atoms with van der Waals surface area (Å²) in [6.07, 6.45) is 4.91. The lowest BCUT2D eigenvalue weighted by Gasteiger charge is -2.15. The summed E-state index contributed by atoms with van der Waals surface area (Å²) in [5.74, 6) is 0.620. The third-order valence-corrected chi connectivity index (χ3v) is 3.73. The maximum atomic E-state index is 11.0. The van der Waals surface area contributed by atoms with E-state index < -0.39 is 4.92 Å². The van der Waals surface area contributed by atoms with E-state index in [2.05, 4.69) is 20.6 Å². The van der Waals surface area contributed by atoms with Crippen LogP contribution < -0.4 is 10.6 Å². The summed E-state index contributed by atoms with van der Waals surface area (Å²) in [4.78, 5) is 18.7. The molecular formula is C13H21N5O3. The molecule has 0 atom stereocenters. The highest BCUT2D eigenvalue weighted by Gasteiger charge is 2.42. The molecular weight excluding hydrogens is 274 g/mol. The van der Waals surface area contributed by atoms with Crippen LogP contribution in [-0.4, -0.2) is 39.7 Å². The second-order valence-corrected chi connectivity index (χ2v) is 5.44. The lowest BCUT2D eigenvalue weighted by atomic mass is 10.0. The molecule has 0 amide bonds. The Hall–Kier alpha value is -1.96. The third-order valence-electron chi connectivity index (χ3n) is 3.73. The predicted octanol–water partition coefficient (Wildman–Crippen LogP) is 1.78. The number of nitro groups is 1. The molecule has 3 N–H and O–H groups in total. The molecule has 21 heavy (non-hydrogen) atoms. The van der Waals surface area contributed by atoms with E-state index in [-0.39, 0.29) is 23.5 Å². The van der Waals surface area contributed by atoms with Gasteiger partial charge in [-0.2, -0.15) is 4.98 Å². The molecule has 0 aliphatic heterocycles. The van der Waals surface area contributed by atoms with Crippen molar-refractivity contribution in [2.24, 2.45) is 5.41 Å². The second kappa shape index (κ2) is 6.66. The number of aromatic nitrogens is 2. The minimum Gasteiger partial charge on any atom is -0.396 e. The van der Waals surface area contributed by atoms with Crippen molar-refractivity contribution in [3.63, 3.8) is 0 Å². The Kier molecular flexibility index (Phi) is 4.89. The van der Waals surface area contributed by atoms with Crippen molar-refractivity contribution in [3.05, 3.63) is 16.3 Å². The van der Waals surface area contributed by atoms with Crippen LogP contribution in [0.15, 0.2) is 6.20 Å². The summed E-state index contributed by atoms with van der Waals surface area (Å²) < 4.78 is 0. The van der Waals surface area contributed by atoms with Crippen molar-refractivity contribution < 1.29 is 10.0 Å². The van der Waals surface area contributed by atoms with Gasteiger partial charge in [-0.25, -0.2) is 4.98 Å². The molecule has 1 aromatic heterocycles. The van der Waals surface area contributed by atoms with Crippen molar-refractivity contribution in [2.75, 3.05) is 30.3 Å². The first kappa shape index (κ1) is 15.4. The van der Waals surface area contributed by atoms with Crippen LogP contribution in [0.2, 0.25) is 0 Å². The Morgan fingerprint density at radius 3 is 2.81 bits per heavy atom. The van der Waals surface area contributed by atoms with Crippen LogP contribution in [0.5, 0.6) is 0 Å². The Balaban J connectivity index is 2.09. The van der Waals surface area contributed by atoms with E-state index in [1.807, 2.05) is 6.92 Å². The van der Waals surface area contributed by atoms with E-state index >= 15 is 0 Å². The minimum atomic E-state index is -0.489. The molecule has 0 saturated heterocycles. The van der Waals surface area contributed by atoms with Crippen molar-refractivity contribution in [1.29, 1.82) is 0 Å². The summed E-state index contributed by atoms with van der Waals surface area (Å²) >= 11 is 0. The van der Waals surface area contributed by atoms with E-state index in [1.54, 1.807) is 0 Å². The second-order valence-electron chi connectivity index (χ2n) is 5.44. The fraction of sp³-hybridized carbons (Fsp3) is 0.692. The van der Waals surface area contributed by atoms with Crippen LogP contribution in [0.1, 0.15) is 32.6 Å². The number of nitrogens with one attached hydrogen (secondary N) is 2. The van der Waals surface area contributed by atoms with Gasteiger partial charge >= 0.3 is 5.69 Å². The van der Waals surface area contributed by atoms with Gasteiger partial charge in [-0.1, -0.05) is 6.92 Å².